The molecule has 0 unspecified atom stereocenters. The average Bonchev–Trinajstić information content (AvgIpc) is 3.18. The highest BCUT2D eigenvalue weighted by atomic mass is 32.1. The summed E-state index contributed by atoms with van der Waals surface area (Å²) in [7, 11) is 0. The predicted octanol–water partition coefficient (Wildman–Crippen LogP) is 5.04. The topological polar surface area (TPSA) is 96.7 Å². The van der Waals surface area contributed by atoms with E-state index in [0.717, 1.165) is 21.8 Å². The number of aromatic nitrogens is 1. The van der Waals surface area contributed by atoms with Crippen molar-refractivity contribution in [1.29, 1.82) is 0 Å². The summed E-state index contributed by atoms with van der Waals surface area (Å²) in [5.74, 6) is -1.65. The van der Waals surface area contributed by atoms with Crippen LogP contribution in [0.4, 0.5) is 0 Å². The van der Waals surface area contributed by atoms with Crippen molar-refractivity contribution in [3.8, 4) is 0 Å². The molecule has 1 aromatic heterocycles. The lowest BCUT2D eigenvalue weighted by molar-refractivity contribution is -0.154. The first kappa shape index (κ1) is 28.1. The smallest absolute Gasteiger partial charge is 0.309 e. The van der Waals surface area contributed by atoms with Gasteiger partial charge in [0.1, 0.15) is 11.9 Å². The van der Waals surface area contributed by atoms with E-state index in [9.17, 15) is 19.8 Å². The van der Waals surface area contributed by atoms with Gasteiger partial charge >= 0.3 is 5.97 Å². The number of aryl methyl sites for hydroxylation is 1. The molecule has 0 saturated carbocycles. The molecule has 0 bridgehead atoms. The van der Waals surface area contributed by atoms with Gasteiger partial charge in [0.2, 0.25) is 0 Å². The molecular formula is C27H39NO5S. The Hall–Kier alpha value is -2.09. The number of hydrogen-bond acceptors (Lipinski definition) is 7. The van der Waals surface area contributed by atoms with Gasteiger partial charge in [0.25, 0.3) is 0 Å². The van der Waals surface area contributed by atoms with Crippen LogP contribution in [0.25, 0.3) is 6.08 Å². The largest absolute Gasteiger partial charge is 0.457 e. The fraction of sp³-hybridized carbons (Fsp3) is 0.593. The molecule has 0 spiro atoms. The summed E-state index contributed by atoms with van der Waals surface area (Å²) in [4.78, 5) is 30.4. The van der Waals surface area contributed by atoms with E-state index < -0.39 is 35.6 Å². The summed E-state index contributed by atoms with van der Waals surface area (Å²) >= 11 is 1.55. The lowest BCUT2D eigenvalue weighted by Gasteiger charge is -2.34. The number of allylic oxidation sites excluding steroid dienone is 3. The molecule has 2 rings (SSSR count). The normalized spacial score (nSPS) is 30.1. The summed E-state index contributed by atoms with van der Waals surface area (Å²) < 4.78 is 5.78. The molecule has 188 valence electrons. The number of ether oxygens (including phenoxy) is 1. The van der Waals surface area contributed by atoms with Crippen LogP contribution >= 0.6 is 11.3 Å². The molecule has 0 aromatic carbocycles. The standard InChI is InChI=1S/C27H39NO5S/c1-16-9-8-10-17(2)25(31)19(4)26(32)27(6,7)23(29)14-24(30)33-22(12-11-16)18(3)13-21-15-34-20(5)28-21/h8-9,11,13,15,17,19,22-23,25,29,31H,10,12,14H2,1-7H3/b9-8?,16-11?,18-13+/t17-,19+,22-,23-,25-/m0/s1. The highest BCUT2D eigenvalue weighted by Crippen LogP contribution is 2.32. The van der Waals surface area contributed by atoms with E-state index in [-0.39, 0.29) is 18.1 Å². The van der Waals surface area contributed by atoms with Crippen molar-refractivity contribution in [3.05, 3.63) is 45.5 Å². The number of rotatable bonds is 2. The maximum absolute atomic E-state index is 13.1. The second-order valence-corrected chi connectivity index (χ2v) is 11.1. The SMILES string of the molecule is CC1=CC[C@@H](/C(C)=C/c2csc(C)n2)OC(=O)C[C@H](O)C(C)(C)C(=O)[C@H](C)[C@@H](O)[C@@H](C)CC=C1. The van der Waals surface area contributed by atoms with Crippen molar-refractivity contribution in [2.75, 3.05) is 0 Å². The Morgan fingerprint density at radius 1 is 1.21 bits per heavy atom. The summed E-state index contributed by atoms with van der Waals surface area (Å²) in [6, 6.07) is 0. The molecule has 2 N–H and O–H groups in total. The molecule has 2 heterocycles. The van der Waals surface area contributed by atoms with Crippen molar-refractivity contribution in [1.82, 2.24) is 4.98 Å². The number of nitrogens with zero attached hydrogens (tertiary/aromatic N) is 1. The minimum atomic E-state index is -1.23. The number of carbonyl (C=O) groups excluding carboxylic acids is 2. The lowest BCUT2D eigenvalue weighted by atomic mass is 9.73. The zero-order chi connectivity index (χ0) is 25.6. The number of esters is 1. The molecule has 7 heteroatoms. The Morgan fingerprint density at radius 3 is 2.50 bits per heavy atom. The maximum atomic E-state index is 13.1. The molecule has 6 nitrogen and oxygen atoms in total. The van der Waals surface area contributed by atoms with E-state index in [2.05, 4.69) is 4.98 Å². The van der Waals surface area contributed by atoms with Crippen LogP contribution in [0.3, 0.4) is 0 Å². The molecule has 1 aliphatic heterocycles. The van der Waals surface area contributed by atoms with Gasteiger partial charge in [-0.25, -0.2) is 4.98 Å². The van der Waals surface area contributed by atoms with E-state index in [1.807, 2.05) is 57.4 Å². The van der Waals surface area contributed by atoms with Gasteiger partial charge in [-0.3, -0.25) is 9.59 Å². The Morgan fingerprint density at radius 2 is 1.88 bits per heavy atom. The van der Waals surface area contributed by atoms with Crippen LogP contribution in [0.15, 0.2) is 34.8 Å². The number of cyclic esters (lactones) is 1. The molecule has 5 atom stereocenters. The number of hydrogen-bond donors (Lipinski definition) is 2. The highest BCUT2D eigenvalue weighted by Gasteiger charge is 2.42. The van der Waals surface area contributed by atoms with Gasteiger partial charge in [0.05, 0.1) is 34.7 Å². The highest BCUT2D eigenvalue weighted by molar-refractivity contribution is 7.09. The molecule has 1 aliphatic rings. The van der Waals surface area contributed by atoms with Gasteiger partial charge in [-0.2, -0.15) is 0 Å². The summed E-state index contributed by atoms with van der Waals surface area (Å²) in [6.07, 6.45) is 6.09. The fourth-order valence-corrected chi connectivity index (χ4v) is 4.66. The monoisotopic (exact) mass is 489 g/mol. The van der Waals surface area contributed by atoms with E-state index in [1.54, 1.807) is 32.1 Å². The first-order chi connectivity index (χ1) is 15.8. The van der Waals surface area contributed by atoms with Gasteiger partial charge in [0, 0.05) is 17.7 Å². The van der Waals surface area contributed by atoms with Gasteiger partial charge in [-0.05, 0) is 44.8 Å². The molecule has 0 amide bonds. The van der Waals surface area contributed by atoms with Crippen LogP contribution in [0.2, 0.25) is 0 Å². The van der Waals surface area contributed by atoms with Crippen molar-refractivity contribution < 1.29 is 24.5 Å². The fourth-order valence-electron chi connectivity index (χ4n) is 4.09. The molecule has 0 fully saturated rings. The van der Waals surface area contributed by atoms with Gasteiger partial charge < -0.3 is 14.9 Å². The van der Waals surface area contributed by atoms with Crippen LogP contribution in [0.5, 0.6) is 0 Å². The minimum Gasteiger partial charge on any atom is -0.457 e. The summed E-state index contributed by atoms with van der Waals surface area (Å²) in [5, 5.41) is 24.5. The van der Waals surface area contributed by atoms with E-state index in [1.165, 1.54) is 0 Å². The second kappa shape index (κ2) is 12.0. The quantitative estimate of drug-likeness (QED) is 0.565. The molecule has 0 saturated heterocycles. The van der Waals surface area contributed by atoms with E-state index in [0.29, 0.717) is 12.8 Å². The first-order valence-corrected chi connectivity index (χ1v) is 12.7. The molecule has 1 aromatic rings. The summed E-state index contributed by atoms with van der Waals surface area (Å²) in [6.45, 7) is 12.6. The van der Waals surface area contributed by atoms with Crippen LogP contribution in [-0.4, -0.2) is 45.3 Å². The van der Waals surface area contributed by atoms with E-state index in [4.69, 9.17) is 4.74 Å². The number of aliphatic hydroxyl groups is 2. The third kappa shape index (κ3) is 7.45. The number of aliphatic hydroxyl groups excluding tert-OH is 2. The molecule has 34 heavy (non-hydrogen) atoms. The average molecular weight is 490 g/mol. The number of Topliss-reactive ketones (excluding diaryl/α,β-unsaturated/α-hetero) is 1. The van der Waals surface area contributed by atoms with Crippen LogP contribution in [0.1, 0.15) is 71.5 Å². The summed E-state index contributed by atoms with van der Waals surface area (Å²) in [5.41, 5.74) is 1.47. The number of ketones is 1. The van der Waals surface area contributed by atoms with Crippen LogP contribution in [-0.2, 0) is 14.3 Å². The van der Waals surface area contributed by atoms with Gasteiger partial charge in [-0.1, -0.05) is 51.5 Å². The predicted molar refractivity (Wildman–Crippen MR) is 136 cm³/mol. The van der Waals surface area contributed by atoms with Crippen molar-refractivity contribution in [3.63, 3.8) is 0 Å². The van der Waals surface area contributed by atoms with Crippen LogP contribution < -0.4 is 0 Å². The van der Waals surface area contributed by atoms with Crippen molar-refractivity contribution in [2.45, 2.75) is 86.0 Å². The van der Waals surface area contributed by atoms with Crippen LogP contribution in [0, 0.1) is 24.2 Å². The first-order valence-electron chi connectivity index (χ1n) is 11.9. The second-order valence-electron chi connectivity index (χ2n) is 10.0. The van der Waals surface area contributed by atoms with E-state index >= 15 is 0 Å². The molecule has 0 aliphatic carbocycles. The Kier molecular flexibility index (Phi) is 9.97. The Balaban J connectivity index is 2.38. The molecular weight excluding hydrogens is 450 g/mol. The molecule has 0 radical (unpaired) electrons. The van der Waals surface area contributed by atoms with Gasteiger partial charge in [-0.15, -0.1) is 11.3 Å². The zero-order valence-corrected chi connectivity index (χ0v) is 22.2. The minimum absolute atomic E-state index is 0.131. The Labute approximate surface area is 207 Å². The lowest BCUT2D eigenvalue weighted by Crippen LogP contribution is -2.45. The maximum Gasteiger partial charge on any atom is 0.309 e. The van der Waals surface area contributed by atoms with Gasteiger partial charge in [0.15, 0.2) is 0 Å². The van der Waals surface area contributed by atoms with Crippen molar-refractivity contribution >= 4 is 29.2 Å². The number of thiazole rings is 1. The van der Waals surface area contributed by atoms with Crippen molar-refractivity contribution in [2.24, 2.45) is 17.3 Å². The Bertz CT molecular complexity index is 958. The zero-order valence-electron chi connectivity index (χ0n) is 21.4. The third-order valence-electron chi connectivity index (χ3n) is 6.67. The number of carbonyl (C=O) groups is 2. The third-order valence-corrected chi connectivity index (χ3v) is 7.47.